The van der Waals surface area contributed by atoms with Gasteiger partial charge in [0, 0.05) is 5.33 Å². The first kappa shape index (κ1) is 11.2. The van der Waals surface area contributed by atoms with Crippen molar-refractivity contribution in [3.8, 4) is 0 Å². The molecule has 1 aliphatic heterocycles. The highest BCUT2D eigenvalue weighted by molar-refractivity contribution is 9.13. The van der Waals surface area contributed by atoms with Crippen molar-refractivity contribution >= 4 is 47.8 Å². The van der Waals surface area contributed by atoms with Crippen LogP contribution in [0, 0.1) is 0 Å². The van der Waals surface area contributed by atoms with Crippen LogP contribution in [-0.2, 0) is 4.74 Å². The quantitative estimate of drug-likeness (QED) is 0.700. The summed E-state index contributed by atoms with van der Waals surface area (Å²) in [6.45, 7) is 0. The summed E-state index contributed by atoms with van der Waals surface area (Å²) in [5, 5.41) is 0.895. The van der Waals surface area contributed by atoms with Crippen LogP contribution in [0.3, 0.4) is 0 Å². The van der Waals surface area contributed by atoms with Gasteiger partial charge in [0.05, 0.1) is 10.6 Å². The van der Waals surface area contributed by atoms with Crippen molar-refractivity contribution in [1.29, 1.82) is 0 Å². The maximum atomic E-state index is 5.78. The number of hydrogen-bond acceptors (Lipinski definition) is 2. The molecular formula is C9H9Br3O2. The third-order valence-electron chi connectivity index (χ3n) is 2.26. The standard InChI is InChI=1S/C9H9Br3O2/c10-4-5-1-2-7(13-5)8-3-6(11)9(12)14-8/h3,5,7H,1-2,4H2. The van der Waals surface area contributed by atoms with Crippen LogP contribution < -0.4 is 0 Å². The summed E-state index contributed by atoms with van der Waals surface area (Å²) < 4.78 is 13.0. The maximum Gasteiger partial charge on any atom is 0.183 e. The summed E-state index contributed by atoms with van der Waals surface area (Å²) >= 11 is 10.1. The largest absolute Gasteiger partial charge is 0.450 e. The van der Waals surface area contributed by atoms with Gasteiger partial charge in [0.15, 0.2) is 4.67 Å². The van der Waals surface area contributed by atoms with Crippen LogP contribution in [-0.4, -0.2) is 11.4 Å². The van der Waals surface area contributed by atoms with Gasteiger partial charge in [-0.1, -0.05) is 15.9 Å². The summed E-state index contributed by atoms with van der Waals surface area (Å²) in [5.41, 5.74) is 0. The van der Waals surface area contributed by atoms with Gasteiger partial charge in [0.2, 0.25) is 0 Å². The Hall–Kier alpha value is 0.680. The lowest BCUT2D eigenvalue weighted by Crippen LogP contribution is -2.06. The summed E-state index contributed by atoms with van der Waals surface area (Å²) in [6, 6.07) is 1.96. The molecule has 2 heterocycles. The topological polar surface area (TPSA) is 22.4 Å². The molecule has 0 bridgehead atoms. The molecule has 1 aliphatic rings. The minimum atomic E-state index is 0.111. The summed E-state index contributed by atoms with van der Waals surface area (Å²) in [7, 11) is 0. The average molecular weight is 389 g/mol. The first-order valence-electron chi connectivity index (χ1n) is 4.37. The molecule has 1 aromatic heterocycles. The van der Waals surface area contributed by atoms with E-state index in [4.69, 9.17) is 9.15 Å². The second-order valence-corrected chi connectivity index (χ2v) is 5.47. The molecule has 0 N–H and O–H groups in total. The summed E-state index contributed by atoms with van der Waals surface area (Å²) in [4.78, 5) is 0. The zero-order valence-electron chi connectivity index (χ0n) is 7.30. The first-order chi connectivity index (χ1) is 6.70. The molecule has 1 aromatic rings. The highest BCUT2D eigenvalue weighted by Crippen LogP contribution is 2.38. The average Bonchev–Trinajstić information content (AvgIpc) is 2.74. The minimum absolute atomic E-state index is 0.111. The predicted octanol–water partition coefficient (Wildman–Crippen LogP) is 4.42. The van der Waals surface area contributed by atoms with Gasteiger partial charge < -0.3 is 9.15 Å². The highest BCUT2D eigenvalue weighted by Gasteiger charge is 2.28. The Morgan fingerprint density at radius 2 is 2.14 bits per heavy atom. The van der Waals surface area contributed by atoms with Gasteiger partial charge in [-0.25, -0.2) is 0 Å². The van der Waals surface area contributed by atoms with Crippen LogP contribution >= 0.6 is 47.8 Å². The van der Waals surface area contributed by atoms with Crippen LogP contribution in [0.2, 0.25) is 0 Å². The van der Waals surface area contributed by atoms with E-state index in [2.05, 4.69) is 47.8 Å². The first-order valence-corrected chi connectivity index (χ1v) is 7.07. The van der Waals surface area contributed by atoms with Gasteiger partial charge in [-0.05, 0) is 50.8 Å². The van der Waals surface area contributed by atoms with E-state index in [1.165, 1.54) is 0 Å². The molecule has 2 rings (SSSR count). The lowest BCUT2D eigenvalue weighted by atomic mass is 10.2. The van der Waals surface area contributed by atoms with Crippen molar-refractivity contribution in [2.24, 2.45) is 0 Å². The molecule has 0 amide bonds. The predicted molar refractivity (Wildman–Crippen MR) is 64.8 cm³/mol. The normalized spacial score (nSPS) is 27.1. The third-order valence-corrected chi connectivity index (χ3v) is 4.69. The van der Waals surface area contributed by atoms with Crippen molar-refractivity contribution in [3.63, 3.8) is 0 Å². The zero-order valence-corrected chi connectivity index (χ0v) is 12.1. The van der Waals surface area contributed by atoms with Crippen molar-refractivity contribution in [3.05, 3.63) is 21.0 Å². The zero-order chi connectivity index (χ0) is 10.1. The number of furan rings is 1. The Kier molecular flexibility index (Phi) is 3.73. The molecule has 5 heteroatoms. The molecule has 0 aliphatic carbocycles. The third kappa shape index (κ3) is 2.26. The molecule has 0 spiro atoms. The smallest absolute Gasteiger partial charge is 0.183 e. The van der Waals surface area contributed by atoms with E-state index in [0.29, 0.717) is 6.10 Å². The van der Waals surface area contributed by atoms with Crippen LogP contribution in [0.1, 0.15) is 24.7 Å². The molecule has 2 nitrogen and oxygen atoms in total. The lowest BCUT2D eigenvalue weighted by Gasteiger charge is -2.08. The van der Waals surface area contributed by atoms with Gasteiger partial charge in [0.1, 0.15) is 11.9 Å². The molecule has 0 aromatic carbocycles. The fourth-order valence-electron chi connectivity index (χ4n) is 1.55. The minimum Gasteiger partial charge on any atom is -0.450 e. The summed E-state index contributed by atoms with van der Waals surface area (Å²) in [6.07, 6.45) is 2.55. The van der Waals surface area contributed by atoms with Gasteiger partial charge in [-0.15, -0.1) is 0 Å². The van der Waals surface area contributed by atoms with Crippen molar-refractivity contribution in [2.45, 2.75) is 25.0 Å². The van der Waals surface area contributed by atoms with E-state index in [-0.39, 0.29) is 6.10 Å². The van der Waals surface area contributed by atoms with Gasteiger partial charge in [-0.3, -0.25) is 0 Å². The molecule has 2 unspecified atom stereocenters. The number of rotatable bonds is 2. The molecule has 0 saturated carbocycles. The summed E-state index contributed by atoms with van der Waals surface area (Å²) in [5.74, 6) is 0.896. The Labute approximate surface area is 108 Å². The van der Waals surface area contributed by atoms with Crippen molar-refractivity contribution in [2.75, 3.05) is 5.33 Å². The fourth-order valence-corrected chi connectivity index (χ4v) is 2.63. The molecule has 14 heavy (non-hydrogen) atoms. The maximum absolute atomic E-state index is 5.78. The van der Waals surface area contributed by atoms with Crippen molar-refractivity contribution < 1.29 is 9.15 Å². The van der Waals surface area contributed by atoms with E-state index in [1.54, 1.807) is 0 Å². The van der Waals surface area contributed by atoms with Gasteiger partial charge >= 0.3 is 0 Å². The molecular weight excluding hydrogens is 380 g/mol. The van der Waals surface area contributed by atoms with E-state index in [1.807, 2.05) is 6.07 Å². The number of hydrogen-bond donors (Lipinski definition) is 0. The van der Waals surface area contributed by atoms with Crippen LogP contribution in [0.25, 0.3) is 0 Å². The van der Waals surface area contributed by atoms with Gasteiger partial charge in [0.25, 0.3) is 0 Å². The Balaban J connectivity index is 2.09. The second-order valence-electron chi connectivity index (χ2n) is 3.25. The molecule has 1 saturated heterocycles. The highest BCUT2D eigenvalue weighted by atomic mass is 79.9. The van der Waals surface area contributed by atoms with Crippen LogP contribution in [0.5, 0.6) is 0 Å². The number of halogens is 3. The van der Waals surface area contributed by atoms with Crippen LogP contribution in [0.4, 0.5) is 0 Å². The lowest BCUT2D eigenvalue weighted by molar-refractivity contribution is 0.0449. The Bertz CT molecular complexity index is 304. The number of alkyl halides is 1. The molecule has 2 atom stereocenters. The Morgan fingerprint density at radius 1 is 1.36 bits per heavy atom. The van der Waals surface area contributed by atoms with E-state index < -0.39 is 0 Å². The van der Waals surface area contributed by atoms with Crippen molar-refractivity contribution in [1.82, 2.24) is 0 Å². The fraction of sp³-hybridized carbons (Fsp3) is 0.556. The van der Waals surface area contributed by atoms with E-state index >= 15 is 0 Å². The second kappa shape index (κ2) is 4.68. The monoisotopic (exact) mass is 386 g/mol. The van der Waals surface area contributed by atoms with Gasteiger partial charge in [-0.2, -0.15) is 0 Å². The molecule has 1 fully saturated rings. The molecule has 0 radical (unpaired) electrons. The van der Waals surface area contributed by atoms with Crippen LogP contribution in [0.15, 0.2) is 19.6 Å². The van der Waals surface area contributed by atoms with E-state index in [0.717, 1.165) is 33.1 Å². The SMILES string of the molecule is BrCC1CCC(c2cc(Br)c(Br)o2)O1. The molecule has 78 valence electrons. The Morgan fingerprint density at radius 3 is 2.64 bits per heavy atom. The van der Waals surface area contributed by atoms with E-state index in [9.17, 15) is 0 Å². The number of ether oxygens (including phenoxy) is 1.